The molecule has 0 N–H and O–H groups in total. The van der Waals surface area contributed by atoms with Crippen molar-refractivity contribution < 1.29 is 25.8 Å². The number of pyridine rings is 1. The molecule has 7 aromatic carbocycles. The van der Waals surface area contributed by atoms with Gasteiger partial charge in [0, 0.05) is 72.5 Å². The van der Waals surface area contributed by atoms with E-state index >= 15 is 0 Å². The van der Waals surface area contributed by atoms with Crippen LogP contribution in [0.5, 0.6) is 11.5 Å². The van der Waals surface area contributed by atoms with Crippen LogP contribution in [0.4, 0.5) is 22.7 Å². The zero-order valence-electron chi connectivity index (χ0n) is 41.5. The first-order valence-corrected chi connectivity index (χ1v) is 24.0. The number of fused-ring (bicyclic) bond motifs is 1. The summed E-state index contributed by atoms with van der Waals surface area (Å²) in [6, 6.07) is 60.1. The standard InChI is InChI=1S/C63H59N4O.Pt/c1-60(2,3)42-30-31-64-56(35-42)67-54-29-19-26-50-57(54)58-51(63(50,10)11)37-47(38-55(58)67)68-46-23-17-22-45(36-46)65-39-66(53-28-16-15-27-52(53)65)59-48(40-20-13-12-14-21-40)24-18-25-49(59)41-32-43(61(4,5)6)34-44(33-41)62(7,8)9;/h12-35,37,39H,1-11H3;/q-3;. The Balaban J connectivity index is 0.00000553. The van der Waals surface area contributed by atoms with Gasteiger partial charge in [0.25, 0.3) is 0 Å². The van der Waals surface area contributed by atoms with Gasteiger partial charge in [-0.25, -0.2) is 4.98 Å². The number of aromatic nitrogens is 2. The van der Waals surface area contributed by atoms with Crippen molar-refractivity contribution in [3.8, 4) is 39.6 Å². The van der Waals surface area contributed by atoms with Crippen LogP contribution in [0.2, 0.25) is 0 Å². The third-order valence-corrected chi connectivity index (χ3v) is 14.2. The van der Waals surface area contributed by atoms with Crippen LogP contribution in [-0.4, -0.2) is 9.55 Å². The van der Waals surface area contributed by atoms with Crippen LogP contribution in [0.1, 0.15) is 104 Å². The summed E-state index contributed by atoms with van der Waals surface area (Å²) in [7, 11) is 0. The van der Waals surface area contributed by atoms with Gasteiger partial charge in [-0.05, 0) is 90.8 Å². The second-order valence-electron chi connectivity index (χ2n) is 22.3. The Morgan fingerprint density at radius 2 is 1.16 bits per heavy atom. The number of para-hydroxylation sites is 3. The summed E-state index contributed by atoms with van der Waals surface area (Å²) in [4.78, 5) is 9.56. The van der Waals surface area contributed by atoms with Crippen LogP contribution in [-0.2, 0) is 42.7 Å². The zero-order chi connectivity index (χ0) is 47.5. The van der Waals surface area contributed by atoms with Gasteiger partial charge in [0.2, 0.25) is 0 Å². The minimum Gasteiger partial charge on any atom is -0.509 e. The normalized spacial score (nSPS) is 14.2. The molecule has 5 nitrogen and oxygen atoms in total. The summed E-state index contributed by atoms with van der Waals surface area (Å²) in [6.45, 7) is 27.4. The molecule has 0 spiro atoms. The van der Waals surface area contributed by atoms with Gasteiger partial charge >= 0.3 is 0 Å². The van der Waals surface area contributed by atoms with E-state index in [-0.39, 0.29) is 42.7 Å². The van der Waals surface area contributed by atoms with E-state index in [0.717, 1.165) is 50.7 Å². The fourth-order valence-electron chi connectivity index (χ4n) is 10.3. The number of hydrogen-bond acceptors (Lipinski definition) is 4. The maximum Gasteiger partial charge on any atom is 0.135 e. The van der Waals surface area contributed by atoms with Crippen molar-refractivity contribution in [2.24, 2.45) is 0 Å². The molecule has 3 heterocycles. The van der Waals surface area contributed by atoms with Crippen molar-refractivity contribution in [1.82, 2.24) is 9.55 Å². The van der Waals surface area contributed by atoms with Crippen LogP contribution < -0.4 is 14.5 Å². The van der Waals surface area contributed by atoms with Crippen LogP contribution in [0.25, 0.3) is 49.9 Å². The molecular weight excluding hydrogens is 1020 g/mol. The molecule has 0 bridgehead atoms. The average molecular weight is 1080 g/mol. The molecule has 350 valence electrons. The number of benzene rings is 7. The molecule has 6 heteroatoms. The predicted octanol–water partition coefficient (Wildman–Crippen LogP) is 16.8. The SMILES string of the molecule is CC(C)(C)c1cc(-c2cccc(-c3ccccc3)c2N2[CH-]N(c3[c-]c(Oc4[c-]c5c6c(c4)C(C)(C)c4cccc(c46)n5-c4cc(C(C)(C)C)ccn4)ccc3)c3ccccc32)cc(C(C)(C)C)c1.[Pt]. The van der Waals surface area contributed by atoms with E-state index in [1.807, 2.05) is 12.3 Å². The third kappa shape index (κ3) is 7.88. The summed E-state index contributed by atoms with van der Waals surface area (Å²) in [5, 5.41) is 2.48. The van der Waals surface area contributed by atoms with Gasteiger partial charge in [-0.15, -0.1) is 48.3 Å². The van der Waals surface area contributed by atoms with E-state index in [9.17, 15) is 0 Å². The Bertz CT molecular complexity index is 3420. The van der Waals surface area contributed by atoms with Crippen LogP contribution in [0, 0.1) is 18.8 Å². The van der Waals surface area contributed by atoms with Crippen molar-refractivity contribution in [2.45, 2.75) is 97.8 Å². The summed E-state index contributed by atoms with van der Waals surface area (Å²) in [5.74, 6) is 2.13. The molecule has 0 radical (unpaired) electrons. The van der Waals surface area contributed by atoms with Crippen molar-refractivity contribution in [2.75, 3.05) is 9.80 Å². The molecule has 0 amide bonds. The van der Waals surface area contributed by atoms with Crippen molar-refractivity contribution >= 4 is 44.6 Å². The molecule has 11 rings (SSSR count). The second kappa shape index (κ2) is 16.6. The maximum atomic E-state index is 6.90. The van der Waals surface area contributed by atoms with Gasteiger partial charge in [-0.3, -0.25) is 0 Å². The topological polar surface area (TPSA) is 33.5 Å². The monoisotopic (exact) mass is 1080 g/mol. The molecule has 9 aromatic rings. The molecular formula is C63H59N4OPt-3. The molecule has 0 saturated carbocycles. The summed E-state index contributed by atoms with van der Waals surface area (Å²) in [5.41, 5.74) is 17.0. The molecule has 2 aromatic heterocycles. The van der Waals surface area contributed by atoms with Gasteiger partial charge in [-0.2, -0.15) is 6.07 Å². The Labute approximate surface area is 423 Å². The Kier molecular flexibility index (Phi) is 11.2. The van der Waals surface area contributed by atoms with Crippen molar-refractivity contribution in [3.05, 3.63) is 198 Å². The minimum atomic E-state index is -0.226. The van der Waals surface area contributed by atoms with Crippen molar-refractivity contribution in [1.29, 1.82) is 0 Å². The van der Waals surface area contributed by atoms with Gasteiger partial charge in [0.1, 0.15) is 5.82 Å². The minimum absolute atomic E-state index is 0. The first-order valence-electron chi connectivity index (χ1n) is 24.0. The Morgan fingerprint density at radius 1 is 0.536 bits per heavy atom. The number of nitrogens with zero attached hydrogens (tertiary/aromatic N) is 4. The van der Waals surface area contributed by atoms with Crippen LogP contribution in [0.15, 0.2) is 152 Å². The molecule has 69 heavy (non-hydrogen) atoms. The number of anilines is 4. The van der Waals surface area contributed by atoms with Crippen LogP contribution >= 0.6 is 0 Å². The second-order valence-corrected chi connectivity index (χ2v) is 22.3. The van der Waals surface area contributed by atoms with E-state index in [2.05, 4.69) is 249 Å². The number of hydrogen-bond donors (Lipinski definition) is 0. The van der Waals surface area contributed by atoms with Gasteiger partial charge in [-0.1, -0.05) is 178 Å². The third-order valence-electron chi connectivity index (χ3n) is 14.2. The fourth-order valence-corrected chi connectivity index (χ4v) is 10.3. The fraction of sp³-hybridized carbons (Fsp3) is 0.238. The predicted molar refractivity (Wildman–Crippen MR) is 283 cm³/mol. The Hall–Kier alpha value is -6.42. The van der Waals surface area contributed by atoms with E-state index in [0.29, 0.717) is 11.5 Å². The van der Waals surface area contributed by atoms with Gasteiger partial charge in [0.15, 0.2) is 0 Å². The average Bonchev–Trinajstić information content (AvgIpc) is 3.94. The largest absolute Gasteiger partial charge is 0.509 e. The summed E-state index contributed by atoms with van der Waals surface area (Å²) in [6.07, 6.45) is 1.93. The maximum absolute atomic E-state index is 6.90. The van der Waals surface area contributed by atoms with E-state index in [4.69, 9.17) is 9.72 Å². The number of ether oxygens (including phenoxy) is 1. The smallest absolute Gasteiger partial charge is 0.135 e. The molecule has 0 unspecified atom stereocenters. The zero-order valence-corrected chi connectivity index (χ0v) is 43.8. The quantitative estimate of drug-likeness (QED) is 0.149. The van der Waals surface area contributed by atoms with Gasteiger partial charge < -0.3 is 19.1 Å². The van der Waals surface area contributed by atoms with Crippen LogP contribution in [0.3, 0.4) is 0 Å². The van der Waals surface area contributed by atoms with E-state index < -0.39 is 0 Å². The molecule has 0 atom stereocenters. The summed E-state index contributed by atoms with van der Waals surface area (Å²) < 4.78 is 9.17. The first-order chi connectivity index (χ1) is 32.4. The molecule has 1 aliphatic carbocycles. The first kappa shape index (κ1) is 46.3. The molecule has 0 fully saturated rings. The number of rotatable bonds is 7. The summed E-state index contributed by atoms with van der Waals surface area (Å²) >= 11 is 0. The Morgan fingerprint density at radius 3 is 1.84 bits per heavy atom. The molecule has 0 saturated heterocycles. The van der Waals surface area contributed by atoms with E-state index in [1.54, 1.807) is 0 Å². The van der Waals surface area contributed by atoms with Gasteiger partial charge in [0.05, 0.1) is 0 Å². The van der Waals surface area contributed by atoms with E-state index in [1.165, 1.54) is 49.7 Å². The van der Waals surface area contributed by atoms with Crippen molar-refractivity contribution in [3.63, 3.8) is 0 Å². The molecule has 2 aliphatic rings. The molecule has 1 aliphatic heterocycles.